The second kappa shape index (κ2) is 10.8. The SMILES string of the molecule is CCCCCCCC(C)NCC(C)(C)CCCO. The van der Waals surface area contributed by atoms with Crippen LogP contribution in [0.4, 0.5) is 0 Å². The molecule has 2 nitrogen and oxygen atoms in total. The molecule has 0 heterocycles. The first-order valence-corrected chi connectivity index (χ1v) is 7.86. The topological polar surface area (TPSA) is 32.3 Å². The quantitative estimate of drug-likeness (QED) is 0.515. The van der Waals surface area contributed by atoms with E-state index < -0.39 is 0 Å². The van der Waals surface area contributed by atoms with Crippen molar-refractivity contribution in [2.75, 3.05) is 13.2 Å². The van der Waals surface area contributed by atoms with Crippen molar-refractivity contribution in [3.63, 3.8) is 0 Å². The molecule has 0 rings (SSSR count). The maximum Gasteiger partial charge on any atom is 0.0431 e. The van der Waals surface area contributed by atoms with Crippen molar-refractivity contribution in [3.8, 4) is 0 Å². The van der Waals surface area contributed by atoms with E-state index in [4.69, 9.17) is 5.11 Å². The molecule has 0 saturated heterocycles. The van der Waals surface area contributed by atoms with Crippen LogP contribution in [0.15, 0.2) is 0 Å². The lowest BCUT2D eigenvalue weighted by Crippen LogP contribution is -2.35. The predicted molar refractivity (Wildman–Crippen MR) is 80.9 cm³/mol. The van der Waals surface area contributed by atoms with Gasteiger partial charge in [-0.3, -0.25) is 0 Å². The monoisotopic (exact) mass is 257 g/mol. The molecule has 0 aliphatic rings. The van der Waals surface area contributed by atoms with Gasteiger partial charge in [0, 0.05) is 19.2 Å². The Kier molecular flexibility index (Phi) is 10.8. The summed E-state index contributed by atoms with van der Waals surface area (Å²) in [5.41, 5.74) is 0.305. The van der Waals surface area contributed by atoms with Crippen molar-refractivity contribution in [2.45, 2.75) is 85.1 Å². The van der Waals surface area contributed by atoms with E-state index in [-0.39, 0.29) is 0 Å². The largest absolute Gasteiger partial charge is 0.396 e. The summed E-state index contributed by atoms with van der Waals surface area (Å²) in [4.78, 5) is 0. The van der Waals surface area contributed by atoms with E-state index in [1.165, 1.54) is 38.5 Å². The minimum Gasteiger partial charge on any atom is -0.396 e. The lowest BCUT2D eigenvalue weighted by molar-refractivity contribution is 0.231. The Morgan fingerprint density at radius 2 is 1.72 bits per heavy atom. The minimum absolute atomic E-state index is 0.305. The highest BCUT2D eigenvalue weighted by molar-refractivity contribution is 4.73. The highest BCUT2D eigenvalue weighted by atomic mass is 16.2. The number of hydrogen-bond donors (Lipinski definition) is 2. The van der Waals surface area contributed by atoms with Crippen LogP contribution in [0.2, 0.25) is 0 Å². The van der Waals surface area contributed by atoms with Crippen molar-refractivity contribution < 1.29 is 5.11 Å². The van der Waals surface area contributed by atoms with Crippen LogP contribution in [0.3, 0.4) is 0 Å². The van der Waals surface area contributed by atoms with Crippen LogP contribution >= 0.6 is 0 Å². The van der Waals surface area contributed by atoms with E-state index in [9.17, 15) is 0 Å². The maximum atomic E-state index is 8.87. The molecule has 0 amide bonds. The molecule has 0 radical (unpaired) electrons. The van der Waals surface area contributed by atoms with E-state index in [0.29, 0.717) is 18.1 Å². The van der Waals surface area contributed by atoms with Gasteiger partial charge in [-0.1, -0.05) is 52.9 Å². The Morgan fingerprint density at radius 1 is 1.06 bits per heavy atom. The second-order valence-electron chi connectivity index (χ2n) is 6.48. The van der Waals surface area contributed by atoms with Crippen molar-refractivity contribution >= 4 is 0 Å². The van der Waals surface area contributed by atoms with Crippen LogP contribution in [0.1, 0.15) is 79.1 Å². The van der Waals surface area contributed by atoms with Crippen LogP contribution in [-0.4, -0.2) is 24.3 Å². The first kappa shape index (κ1) is 17.9. The molecule has 0 aromatic rings. The van der Waals surface area contributed by atoms with Gasteiger partial charge in [-0.15, -0.1) is 0 Å². The minimum atomic E-state index is 0.305. The summed E-state index contributed by atoms with van der Waals surface area (Å²) < 4.78 is 0. The van der Waals surface area contributed by atoms with Gasteiger partial charge in [0.15, 0.2) is 0 Å². The van der Waals surface area contributed by atoms with Crippen molar-refractivity contribution in [2.24, 2.45) is 5.41 Å². The van der Waals surface area contributed by atoms with Crippen LogP contribution < -0.4 is 5.32 Å². The Balaban J connectivity index is 3.53. The highest BCUT2D eigenvalue weighted by Crippen LogP contribution is 2.21. The van der Waals surface area contributed by atoms with Crippen LogP contribution in [-0.2, 0) is 0 Å². The average molecular weight is 257 g/mol. The van der Waals surface area contributed by atoms with E-state index in [1.54, 1.807) is 0 Å². The summed E-state index contributed by atoms with van der Waals surface area (Å²) in [7, 11) is 0. The summed E-state index contributed by atoms with van der Waals surface area (Å²) in [6, 6.07) is 0.625. The zero-order chi connectivity index (χ0) is 13.9. The molecule has 1 unspecified atom stereocenters. The fourth-order valence-electron chi connectivity index (χ4n) is 2.25. The third-order valence-electron chi connectivity index (χ3n) is 3.68. The van der Waals surface area contributed by atoms with E-state index in [1.807, 2.05) is 0 Å². The Hall–Kier alpha value is -0.0800. The predicted octanol–water partition coefficient (Wildman–Crippen LogP) is 4.12. The molecule has 2 heteroatoms. The molecular weight excluding hydrogens is 222 g/mol. The van der Waals surface area contributed by atoms with Gasteiger partial charge in [0.25, 0.3) is 0 Å². The van der Waals surface area contributed by atoms with E-state index >= 15 is 0 Å². The van der Waals surface area contributed by atoms with Gasteiger partial charge < -0.3 is 10.4 Å². The highest BCUT2D eigenvalue weighted by Gasteiger charge is 2.17. The summed E-state index contributed by atoms with van der Waals surface area (Å²) in [5.74, 6) is 0. The molecule has 0 aromatic heterocycles. The van der Waals surface area contributed by atoms with Gasteiger partial charge in [-0.25, -0.2) is 0 Å². The molecule has 0 bridgehead atoms. The van der Waals surface area contributed by atoms with E-state index in [0.717, 1.165) is 19.4 Å². The normalized spacial score (nSPS) is 13.8. The molecule has 0 aliphatic carbocycles. The number of aliphatic hydroxyl groups excluding tert-OH is 1. The number of rotatable bonds is 12. The van der Waals surface area contributed by atoms with Crippen LogP contribution in [0.25, 0.3) is 0 Å². The molecule has 1 atom stereocenters. The zero-order valence-corrected chi connectivity index (χ0v) is 13.1. The molecular formula is C16H35NO. The number of hydrogen-bond acceptors (Lipinski definition) is 2. The Morgan fingerprint density at radius 3 is 2.33 bits per heavy atom. The lowest BCUT2D eigenvalue weighted by atomic mass is 9.87. The van der Waals surface area contributed by atoms with Gasteiger partial charge in [0.2, 0.25) is 0 Å². The molecule has 0 saturated carbocycles. The van der Waals surface area contributed by atoms with Gasteiger partial charge in [0.05, 0.1) is 0 Å². The summed E-state index contributed by atoms with van der Waals surface area (Å²) in [6.45, 7) is 10.5. The van der Waals surface area contributed by atoms with Crippen LogP contribution in [0, 0.1) is 5.41 Å². The Bertz CT molecular complexity index is 180. The molecule has 2 N–H and O–H groups in total. The number of unbranched alkanes of at least 4 members (excludes halogenated alkanes) is 4. The molecule has 0 aromatic carbocycles. The van der Waals surface area contributed by atoms with E-state index in [2.05, 4.69) is 33.0 Å². The van der Waals surface area contributed by atoms with Crippen molar-refractivity contribution in [3.05, 3.63) is 0 Å². The smallest absolute Gasteiger partial charge is 0.0431 e. The van der Waals surface area contributed by atoms with Crippen LogP contribution in [0.5, 0.6) is 0 Å². The molecule has 0 aliphatic heterocycles. The molecule has 110 valence electrons. The third kappa shape index (κ3) is 11.0. The van der Waals surface area contributed by atoms with Gasteiger partial charge in [-0.2, -0.15) is 0 Å². The van der Waals surface area contributed by atoms with Gasteiger partial charge >= 0.3 is 0 Å². The molecule has 0 spiro atoms. The lowest BCUT2D eigenvalue weighted by Gasteiger charge is -2.27. The van der Waals surface area contributed by atoms with Gasteiger partial charge in [-0.05, 0) is 31.6 Å². The fraction of sp³-hybridized carbons (Fsp3) is 1.00. The summed E-state index contributed by atoms with van der Waals surface area (Å²) in [6.07, 6.45) is 10.1. The van der Waals surface area contributed by atoms with Crippen molar-refractivity contribution in [1.82, 2.24) is 5.32 Å². The zero-order valence-electron chi connectivity index (χ0n) is 13.1. The first-order chi connectivity index (χ1) is 8.52. The fourth-order valence-corrected chi connectivity index (χ4v) is 2.25. The average Bonchev–Trinajstić information content (AvgIpc) is 2.34. The Labute approximate surface area is 115 Å². The molecule has 0 fully saturated rings. The second-order valence-corrected chi connectivity index (χ2v) is 6.48. The maximum absolute atomic E-state index is 8.87. The number of aliphatic hydroxyl groups is 1. The van der Waals surface area contributed by atoms with Gasteiger partial charge in [0.1, 0.15) is 0 Å². The third-order valence-corrected chi connectivity index (χ3v) is 3.68. The summed E-state index contributed by atoms with van der Waals surface area (Å²) in [5, 5.41) is 12.5. The molecule has 18 heavy (non-hydrogen) atoms. The summed E-state index contributed by atoms with van der Waals surface area (Å²) >= 11 is 0. The number of nitrogens with one attached hydrogen (secondary N) is 1. The van der Waals surface area contributed by atoms with Crippen molar-refractivity contribution in [1.29, 1.82) is 0 Å². The first-order valence-electron chi connectivity index (χ1n) is 7.86. The standard InChI is InChI=1S/C16H35NO/c1-5-6-7-8-9-11-15(2)17-14-16(3,4)12-10-13-18/h15,17-18H,5-14H2,1-4H3.